The molecular weight excluding hydrogens is 248 g/mol. The molecule has 4 atom stereocenters. The number of carboxylic acids is 1. The van der Waals surface area contributed by atoms with Crippen LogP contribution >= 0.6 is 0 Å². The topological polar surface area (TPSA) is 89.9 Å². The van der Waals surface area contributed by atoms with Crippen LogP contribution in [0, 0.1) is 11.8 Å². The van der Waals surface area contributed by atoms with Gasteiger partial charge in [0.1, 0.15) is 0 Å². The van der Waals surface area contributed by atoms with Crippen molar-refractivity contribution in [2.45, 2.75) is 44.8 Å². The molecule has 0 spiro atoms. The van der Waals surface area contributed by atoms with Crippen LogP contribution in [0.15, 0.2) is 0 Å². The highest BCUT2D eigenvalue weighted by Gasteiger charge is 2.33. The molecule has 1 saturated heterocycles. The van der Waals surface area contributed by atoms with Crippen molar-refractivity contribution in [2.75, 3.05) is 13.1 Å². The molecule has 1 aliphatic carbocycles. The van der Waals surface area contributed by atoms with Gasteiger partial charge in [-0.05, 0) is 31.6 Å². The zero-order valence-corrected chi connectivity index (χ0v) is 11.2. The number of carbonyl (C=O) groups excluding carboxylic acids is 1. The Morgan fingerprint density at radius 1 is 1.26 bits per heavy atom. The number of nitrogens with zero attached hydrogens (tertiary/aromatic N) is 1. The predicted molar refractivity (Wildman–Crippen MR) is 68.7 cm³/mol. The van der Waals surface area contributed by atoms with Crippen LogP contribution < -0.4 is 5.32 Å². The molecule has 0 aromatic heterocycles. The van der Waals surface area contributed by atoms with Gasteiger partial charge in [-0.1, -0.05) is 6.92 Å². The van der Waals surface area contributed by atoms with E-state index in [1.807, 2.05) is 6.92 Å². The standard InChI is InChI=1S/C13H22N2O4/c1-8-7-15(5-4-11(8)16)13(19)14-10-3-2-9(6-10)12(17)18/h8-11,16H,2-7H2,1H3,(H,14,19)(H,17,18). The summed E-state index contributed by atoms with van der Waals surface area (Å²) in [4.78, 5) is 24.6. The number of likely N-dealkylation sites (tertiary alicyclic amines) is 1. The van der Waals surface area contributed by atoms with Gasteiger partial charge >= 0.3 is 12.0 Å². The number of rotatable bonds is 2. The van der Waals surface area contributed by atoms with Gasteiger partial charge in [0.05, 0.1) is 12.0 Å². The molecule has 6 heteroatoms. The Morgan fingerprint density at radius 3 is 2.58 bits per heavy atom. The molecule has 1 aliphatic heterocycles. The molecular formula is C13H22N2O4. The van der Waals surface area contributed by atoms with Crippen molar-refractivity contribution in [1.29, 1.82) is 0 Å². The van der Waals surface area contributed by atoms with Gasteiger partial charge in [-0.15, -0.1) is 0 Å². The highest BCUT2D eigenvalue weighted by molar-refractivity contribution is 5.75. The van der Waals surface area contributed by atoms with Crippen molar-refractivity contribution in [3.63, 3.8) is 0 Å². The minimum Gasteiger partial charge on any atom is -0.481 e. The van der Waals surface area contributed by atoms with E-state index in [-0.39, 0.29) is 30.0 Å². The molecule has 2 amide bonds. The van der Waals surface area contributed by atoms with Gasteiger partial charge in [0.15, 0.2) is 0 Å². The number of urea groups is 1. The summed E-state index contributed by atoms with van der Waals surface area (Å²) < 4.78 is 0. The van der Waals surface area contributed by atoms with Gasteiger partial charge in [0.2, 0.25) is 0 Å². The molecule has 1 heterocycles. The van der Waals surface area contributed by atoms with E-state index in [0.717, 1.165) is 6.42 Å². The van der Waals surface area contributed by atoms with E-state index in [1.54, 1.807) is 4.90 Å². The van der Waals surface area contributed by atoms with E-state index in [2.05, 4.69) is 5.32 Å². The molecule has 2 fully saturated rings. The Kier molecular flexibility index (Phi) is 4.29. The van der Waals surface area contributed by atoms with Crippen molar-refractivity contribution >= 4 is 12.0 Å². The van der Waals surface area contributed by atoms with Gasteiger partial charge in [-0.3, -0.25) is 4.79 Å². The number of aliphatic carboxylic acids is 1. The lowest BCUT2D eigenvalue weighted by molar-refractivity contribution is -0.141. The summed E-state index contributed by atoms with van der Waals surface area (Å²) in [6.45, 7) is 3.05. The fourth-order valence-electron chi connectivity index (χ4n) is 2.92. The minimum atomic E-state index is -0.772. The molecule has 1 saturated carbocycles. The number of hydrogen-bond acceptors (Lipinski definition) is 3. The van der Waals surface area contributed by atoms with E-state index in [1.165, 1.54) is 0 Å². The summed E-state index contributed by atoms with van der Waals surface area (Å²) in [6.07, 6.45) is 2.17. The number of piperidine rings is 1. The lowest BCUT2D eigenvalue weighted by Crippen LogP contribution is -2.50. The van der Waals surface area contributed by atoms with E-state index in [9.17, 15) is 14.7 Å². The smallest absolute Gasteiger partial charge is 0.317 e. The molecule has 19 heavy (non-hydrogen) atoms. The Morgan fingerprint density at radius 2 is 2.00 bits per heavy atom. The normalized spacial score (nSPS) is 35.2. The van der Waals surface area contributed by atoms with Crippen LogP contribution in [-0.2, 0) is 4.79 Å². The summed E-state index contributed by atoms with van der Waals surface area (Å²) in [5.41, 5.74) is 0. The quantitative estimate of drug-likeness (QED) is 0.687. The van der Waals surface area contributed by atoms with Gasteiger partial charge in [-0.2, -0.15) is 0 Å². The number of hydrogen-bond donors (Lipinski definition) is 3. The van der Waals surface area contributed by atoms with Crippen LogP contribution in [-0.4, -0.2) is 52.3 Å². The molecule has 108 valence electrons. The first kappa shape index (κ1) is 14.1. The molecule has 3 N–H and O–H groups in total. The molecule has 0 aromatic rings. The number of nitrogens with one attached hydrogen (secondary N) is 1. The molecule has 0 radical (unpaired) electrons. The average molecular weight is 270 g/mol. The summed E-state index contributed by atoms with van der Waals surface area (Å²) in [5, 5.41) is 21.5. The van der Waals surface area contributed by atoms with E-state index in [4.69, 9.17) is 5.11 Å². The van der Waals surface area contributed by atoms with Crippen LogP contribution in [0.2, 0.25) is 0 Å². The number of amides is 2. The zero-order valence-electron chi connectivity index (χ0n) is 11.2. The molecule has 6 nitrogen and oxygen atoms in total. The third-order valence-corrected chi connectivity index (χ3v) is 4.26. The van der Waals surface area contributed by atoms with Crippen LogP contribution in [0.3, 0.4) is 0 Å². The lowest BCUT2D eigenvalue weighted by atomic mass is 9.97. The second-order valence-corrected chi connectivity index (χ2v) is 5.77. The monoisotopic (exact) mass is 270 g/mol. The highest BCUT2D eigenvalue weighted by Crippen LogP contribution is 2.26. The fraction of sp³-hybridized carbons (Fsp3) is 0.846. The van der Waals surface area contributed by atoms with Crippen molar-refractivity contribution in [3.8, 4) is 0 Å². The van der Waals surface area contributed by atoms with Crippen molar-refractivity contribution in [1.82, 2.24) is 10.2 Å². The number of aliphatic hydroxyl groups excluding tert-OH is 1. The van der Waals surface area contributed by atoms with E-state index in [0.29, 0.717) is 32.4 Å². The Bertz CT molecular complexity index is 361. The van der Waals surface area contributed by atoms with Crippen LogP contribution in [0.5, 0.6) is 0 Å². The molecule has 2 rings (SSSR count). The summed E-state index contributed by atoms with van der Waals surface area (Å²) in [6, 6.07) is -0.162. The Balaban J connectivity index is 1.80. The van der Waals surface area contributed by atoms with Crippen molar-refractivity contribution < 1.29 is 19.8 Å². The van der Waals surface area contributed by atoms with Crippen LogP contribution in [0.25, 0.3) is 0 Å². The molecule has 4 unspecified atom stereocenters. The summed E-state index contributed by atoms with van der Waals surface area (Å²) in [5.74, 6) is -1.01. The zero-order chi connectivity index (χ0) is 14.0. The maximum Gasteiger partial charge on any atom is 0.317 e. The number of carbonyl (C=O) groups is 2. The van der Waals surface area contributed by atoms with Gasteiger partial charge < -0.3 is 20.4 Å². The average Bonchev–Trinajstić information content (AvgIpc) is 2.81. The Labute approximate surface area is 112 Å². The van der Waals surface area contributed by atoms with Gasteiger partial charge in [0, 0.05) is 19.1 Å². The summed E-state index contributed by atoms with van der Waals surface area (Å²) in [7, 11) is 0. The van der Waals surface area contributed by atoms with Crippen molar-refractivity contribution in [2.24, 2.45) is 11.8 Å². The van der Waals surface area contributed by atoms with Gasteiger partial charge in [0.25, 0.3) is 0 Å². The Hall–Kier alpha value is -1.30. The second kappa shape index (κ2) is 5.77. The number of aliphatic hydroxyl groups is 1. The van der Waals surface area contributed by atoms with E-state index < -0.39 is 5.97 Å². The number of carboxylic acid groups (broad SMARTS) is 1. The fourth-order valence-corrected chi connectivity index (χ4v) is 2.92. The maximum atomic E-state index is 12.1. The largest absolute Gasteiger partial charge is 0.481 e. The molecule has 0 aromatic carbocycles. The molecule has 2 aliphatic rings. The first-order valence-corrected chi connectivity index (χ1v) is 6.93. The van der Waals surface area contributed by atoms with Crippen molar-refractivity contribution in [3.05, 3.63) is 0 Å². The maximum absolute atomic E-state index is 12.1. The predicted octanol–water partition coefficient (Wildman–Crippen LogP) is 0.652. The third-order valence-electron chi connectivity index (χ3n) is 4.26. The van der Waals surface area contributed by atoms with Crippen LogP contribution in [0.4, 0.5) is 4.79 Å². The lowest BCUT2D eigenvalue weighted by Gasteiger charge is -2.35. The van der Waals surface area contributed by atoms with E-state index >= 15 is 0 Å². The first-order valence-electron chi connectivity index (χ1n) is 6.93. The SMILES string of the molecule is CC1CN(C(=O)NC2CCC(C(=O)O)C2)CCC1O. The highest BCUT2D eigenvalue weighted by atomic mass is 16.4. The van der Waals surface area contributed by atoms with Gasteiger partial charge in [-0.25, -0.2) is 4.79 Å². The second-order valence-electron chi connectivity index (χ2n) is 5.77. The third kappa shape index (κ3) is 3.37. The first-order chi connectivity index (χ1) is 8.97. The summed E-state index contributed by atoms with van der Waals surface area (Å²) >= 11 is 0. The molecule has 0 bridgehead atoms. The minimum absolute atomic E-state index is 0.0317. The van der Waals surface area contributed by atoms with Crippen LogP contribution in [0.1, 0.15) is 32.6 Å².